The molecular weight excluding hydrogens is 332 g/mol. The lowest BCUT2D eigenvalue weighted by Crippen LogP contribution is -2.33. The molecule has 2 N–H and O–H groups in total. The summed E-state index contributed by atoms with van der Waals surface area (Å²) < 4.78 is 2.84. The Hall–Kier alpha value is -1.99. The van der Waals surface area contributed by atoms with E-state index in [9.17, 15) is 0 Å². The van der Waals surface area contributed by atoms with Crippen molar-refractivity contribution >= 4 is 40.0 Å². The van der Waals surface area contributed by atoms with Crippen LogP contribution in [0.5, 0.6) is 0 Å². The van der Waals surface area contributed by atoms with Gasteiger partial charge >= 0.3 is 0 Å². The lowest BCUT2D eigenvalue weighted by atomic mass is 10.1. The summed E-state index contributed by atoms with van der Waals surface area (Å²) >= 11 is 5.42. The van der Waals surface area contributed by atoms with Gasteiger partial charge in [0.2, 0.25) is 0 Å². The highest BCUT2D eigenvalue weighted by Crippen LogP contribution is 2.25. The molecule has 1 aromatic carbocycles. The van der Waals surface area contributed by atoms with Crippen LogP contribution in [0.15, 0.2) is 18.5 Å². The summed E-state index contributed by atoms with van der Waals surface area (Å²) in [7, 11) is 0. The van der Waals surface area contributed by atoms with Crippen LogP contribution in [0.4, 0.5) is 5.82 Å². The third-order valence-electron chi connectivity index (χ3n) is 5.02. The molecule has 0 saturated carbocycles. The van der Waals surface area contributed by atoms with Crippen LogP contribution in [-0.2, 0) is 6.54 Å². The molecular formula is C18H24N6S. The quantitative estimate of drug-likeness (QED) is 0.685. The number of piperidine rings is 1. The molecule has 3 heterocycles. The predicted octanol–water partition coefficient (Wildman–Crippen LogP) is 3.56. The van der Waals surface area contributed by atoms with Crippen LogP contribution >= 0.6 is 12.2 Å². The molecule has 2 aromatic heterocycles. The number of nitrogens with zero attached hydrogens (tertiary/aromatic N) is 4. The van der Waals surface area contributed by atoms with Gasteiger partial charge in [-0.3, -0.25) is 0 Å². The molecule has 1 saturated heterocycles. The Bertz CT molecular complexity index is 938. The molecule has 0 unspecified atom stereocenters. The highest BCUT2D eigenvalue weighted by molar-refractivity contribution is 7.71. The summed E-state index contributed by atoms with van der Waals surface area (Å²) in [6.07, 6.45) is 5.65. The Labute approximate surface area is 152 Å². The molecule has 4 rings (SSSR count). The second-order valence-corrected chi connectivity index (χ2v) is 7.00. The summed E-state index contributed by atoms with van der Waals surface area (Å²) in [6, 6.07) is 4.20. The van der Waals surface area contributed by atoms with Crippen molar-refractivity contribution in [2.75, 3.05) is 31.5 Å². The van der Waals surface area contributed by atoms with E-state index in [1.807, 2.05) is 0 Å². The number of imidazole rings is 1. The van der Waals surface area contributed by atoms with Crippen molar-refractivity contribution < 1.29 is 0 Å². The molecule has 0 amide bonds. The number of anilines is 1. The largest absolute Gasteiger partial charge is 0.368 e. The Morgan fingerprint density at radius 3 is 2.84 bits per heavy atom. The van der Waals surface area contributed by atoms with Gasteiger partial charge in [-0.2, -0.15) is 0 Å². The molecule has 7 heteroatoms. The van der Waals surface area contributed by atoms with Crippen molar-refractivity contribution in [1.29, 1.82) is 0 Å². The molecule has 0 bridgehead atoms. The van der Waals surface area contributed by atoms with E-state index in [1.165, 1.54) is 32.4 Å². The van der Waals surface area contributed by atoms with Gasteiger partial charge in [0, 0.05) is 25.0 Å². The zero-order valence-electron chi connectivity index (χ0n) is 14.6. The van der Waals surface area contributed by atoms with Gasteiger partial charge in [0.15, 0.2) is 4.77 Å². The predicted molar refractivity (Wildman–Crippen MR) is 105 cm³/mol. The standard InChI is InChI=1S/C18H24N6S/c1-2-24-16-11-14-13(10-15(16)22-18(24)25)17(21-12-20-14)19-6-9-23-7-4-3-5-8-23/h10-12H,2-9H2,1H3,(H,22,25)(H,19,20,21). The number of fused-ring (bicyclic) bond motifs is 2. The van der Waals surface area contributed by atoms with Crippen LogP contribution in [0, 0.1) is 4.77 Å². The van der Waals surface area contributed by atoms with E-state index in [-0.39, 0.29) is 0 Å². The minimum atomic E-state index is 0.750. The smallest absolute Gasteiger partial charge is 0.178 e. The van der Waals surface area contributed by atoms with E-state index in [4.69, 9.17) is 12.2 Å². The second-order valence-electron chi connectivity index (χ2n) is 6.61. The van der Waals surface area contributed by atoms with Crippen molar-refractivity contribution in [1.82, 2.24) is 24.4 Å². The van der Waals surface area contributed by atoms with Crippen LogP contribution < -0.4 is 5.32 Å². The molecule has 1 aliphatic rings. The van der Waals surface area contributed by atoms with Gasteiger partial charge in [-0.15, -0.1) is 0 Å². The maximum Gasteiger partial charge on any atom is 0.178 e. The minimum absolute atomic E-state index is 0.750. The number of aryl methyl sites for hydroxylation is 1. The van der Waals surface area contributed by atoms with Gasteiger partial charge in [-0.1, -0.05) is 6.42 Å². The fourth-order valence-corrected chi connectivity index (χ4v) is 4.02. The van der Waals surface area contributed by atoms with Crippen LogP contribution in [0.1, 0.15) is 26.2 Å². The van der Waals surface area contributed by atoms with Crippen LogP contribution in [0.2, 0.25) is 0 Å². The van der Waals surface area contributed by atoms with Crippen molar-refractivity contribution in [2.45, 2.75) is 32.7 Å². The van der Waals surface area contributed by atoms with Crippen molar-refractivity contribution in [3.05, 3.63) is 23.2 Å². The molecule has 3 aromatic rings. The average Bonchev–Trinajstić information content (AvgIpc) is 2.95. The molecule has 132 valence electrons. The van der Waals surface area contributed by atoms with Crippen LogP contribution in [0.3, 0.4) is 0 Å². The zero-order chi connectivity index (χ0) is 17.2. The fourth-order valence-electron chi connectivity index (χ4n) is 3.68. The molecule has 25 heavy (non-hydrogen) atoms. The molecule has 0 radical (unpaired) electrons. The molecule has 0 atom stereocenters. The lowest BCUT2D eigenvalue weighted by molar-refractivity contribution is 0.237. The van der Waals surface area contributed by atoms with Gasteiger partial charge in [-0.25, -0.2) is 9.97 Å². The number of nitrogens with one attached hydrogen (secondary N) is 2. The monoisotopic (exact) mass is 356 g/mol. The van der Waals surface area contributed by atoms with E-state index >= 15 is 0 Å². The molecule has 1 aliphatic heterocycles. The van der Waals surface area contributed by atoms with Gasteiger partial charge < -0.3 is 19.8 Å². The van der Waals surface area contributed by atoms with E-state index in [0.29, 0.717) is 0 Å². The first-order valence-electron chi connectivity index (χ1n) is 9.10. The number of hydrogen-bond donors (Lipinski definition) is 2. The third-order valence-corrected chi connectivity index (χ3v) is 5.34. The Balaban J connectivity index is 1.60. The molecule has 0 spiro atoms. The van der Waals surface area contributed by atoms with E-state index in [1.54, 1.807) is 6.33 Å². The van der Waals surface area contributed by atoms with E-state index in [2.05, 4.69) is 48.8 Å². The Kier molecular flexibility index (Phi) is 4.67. The van der Waals surface area contributed by atoms with Crippen LogP contribution in [0.25, 0.3) is 21.9 Å². The van der Waals surface area contributed by atoms with Gasteiger partial charge in [-0.05, 0) is 57.2 Å². The number of H-pyrrole nitrogens is 1. The van der Waals surface area contributed by atoms with Crippen molar-refractivity contribution in [3.8, 4) is 0 Å². The first kappa shape index (κ1) is 16.5. The first-order valence-corrected chi connectivity index (χ1v) is 9.50. The van der Waals surface area contributed by atoms with Gasteiger partial charge in [0.25, 0.3) is 0 Å². The van der Waals surface area contributed by atoms with Gasteiger partial charge in [0.05, 0.1) is 16.6 Å². The number of likely N-dealkylation sites (tertiary alicyclic amines) is 1. The number of benzene rings is 1. The summed E-state index contributed by atoms with van der Waals surface area (Å²) in [4.78, 5) is 14.7. The van der Waals surface area contributed by atoms with Crippen LogP contribution in [-0.4, -0.2) is 50.6 Å². The lowest BCUT2D eigenvalue weighted by Gasteiger charge is -2.26. The third kappa shape index (κ3) is 3.26. The molecule has 1 fully saturated rings. The highest BCUT2D eigenvalue weighted by Gasteiger charge is 2.11. The number of rotatable bonds is 5. The van der Waals surface area contributed by atoms with Crippen molar-refractivity contribution in [2.24, 2.45) is 0 Å². The summed E-state index contributed by atoms with van der Waals surface area (Å²) in [6.45, 7) is 7.33. The SMILES string of the molecule is CCn1c(=S)[nH]c2cc3c(NCCN4CCCCC4)ncnc3cc21. The van der Waals surface area contributed by atoms with Crippen molar-refractivity contribution in [3.63, 3.8) is 0 Å². The maximum atomic E-state index is 5.42. The van der Waals surface area contributed by atoms with E-state index < -0.39 is 0 Å². The van der Waals surface area contributed by atoms with E-state index in [0.717, 1.165) is 52.2 Å². The summed E-state index contributed by atoms with van der Waals surface area (Å²) in [5.41, 5.74) is 3.07. The highest BCUT2D eigenvalue weighted by atomic mass is 32.1. The maximum absolute atomic E-state index is 5.42. The van der Waals surface area contributed by atoms with Gasteiger partial charge in [0.1, 0.15) is 12.1 Å². The molecule has 6 nitrogen and oxygen atoms in total. The Morgan fingerprint density at radius 2 is 2.04 bits per heavy atom. The first-order chi connectivity index (χ1) is 12.3. The Morgan fingerprint density at radius 1 is 1.20 bits per heavy atom. The number of aromatic amines is 1. The minimum Gasteiger partial charge on any atom is -0.368 e. The summed E-state index contributed by atoms with van der Waals surface area (Å²) in [5, 5.41) is 4.53. The number of hydrogen-bond acceptors (Lipinski definition) is 5. The summed E-state index contributed by atoms with van der Waals surface area (Å²) in [5.74, 6) is 0.896. The fraction of sp³-hybridized carbons (Fsp3) is 0.500. The number of aromatic nitrogens is 4. The average molecular weight is 356 g/mol. The normalized spacial score (nSPS) is 15.9. The molecule has 0 aliphatic carbocycles. The second kappa shape index (κ2) is 7.09. The zero-order valence-corrected chi connectivity index (χ0v) is 15.4. The topological polar surface area (TPSA) is 61.8 Å².